The van der Waals surface area contributed by atoms with Crippen molar-refractivity contribution >= 4 is 54.3 Å². The zero-order valence-corrected chi connectivity index (χ0v) is 19.6. The van der Waals surface area contributed by atoms with Gasteiger partial charge in [-0.2, -0.15) is 0 Å². The monoisotopic (exact) mass is 477 g/mol. The van der Waals surface area contributed by atoms with Gasteiger partial charge >= 0.3 is 5.63 Å². The molecule has 170 valence electrons. The summed E-state index contributed by atoms with van der Waals surface area (Å²) >= 11 is 1.41. The maximum Gasteiger partial charge on any atom is 0.349 e. The first kappa shape index (κ1) is 21.2. The SMILES string of the molecule is Cc1cccc2sc(N(Cc3ccccn3)C(=O)c3cc4c(ccc5ccccc54)oc3=O)nc12. The molecule has 0 N–H and O–H groups in total. The zero-order chi connectivity index (χ0) is 23.9. The Morgan fingerprint density at radius 1 is 0.971 bits per heavy atom. The minimum absolute atomic E-state index is 0.0410. The van der Waals surface area contributed by atoms with Crippen molar-refractivity contribution in [3.63, 3.8) is 0 Å². The predicted molar refractivity (Wildman–Crippen MR) is 139 cm³/mol. The van der Waals surface area contributed by atoms with Crippen molar-refractivity contribution < 1.29 is 9.21 Å². The van der Waals surface area contributed by atoms with Crippen LogP contribution in [0.4, 0.5) is 5.13 Å². The molecule has 0 aliphatic heterocycles. The molecule has 3 aromatic carbocycles. The van der Waals surface area contributed by atoms with Crippen LogP contribution in [0.2, 0.25) is 0 Å². The van der Waals surface area contributed by atoms with E-state index in [2.05, 4.69) is 4.98 Å². The van der Waals surface area contributed by atoms with Crippen molar-refractivity contribution in [2.24, 2.45) is 0 Å². The maximum atomic E-state index is 13.9. The van der Waals surface area contributed by atoms with E-state index in [0.717, 1.165) is 26.6 Å². The van der Waals surface area contributed by atoms with Gasteiger partial charge in [0.05, 0.1) is 22.5 Å². The number of aryl methyl sites for hydroxylation is 1. The summed E-state index contributed by atoms with van der Waals surface area (Å²) in [5, 5.41) is 3.13. The van der Waals surface area contributed by atoms with Crippen molar-refractivity contribution in [2.45, 2.75) is 13.5 Å². The second-order valence-electron chi connectivity index (χ2n) is 8.28. The number of rotatable bonds is 4. The Balaban J connectivity index is 1.52. The number of hydrogen-bond acceptors (Lipinski definition) is 6. The molecule has 1 amide bonds. The summed E-state index contributed by atoms with van der Waals surface area (Å²) in [6.45, 7) is 2.16. The second kappa shape index (κ2) is 8.45. The van der Waals surface area contributed by atoms with Crippen LogP contribution in [-0.2, 0) is 6.54 Å². The molecule has 0 bridgehead atoms. The van der Waals surface area contributed by atoms with Gasteiger partial charge < -0.3 is 4.42 Å². The van der Waals surface area contributed by atoms with Crippen molar-refractivity contribution in [3.05, 3.63) is 112 Å². The van der Waals surface area contributed by atoms with E-state index in [1.165, 1.54) is 16.2 Å². The fourth-order valence-electron chi connectivity index (χ4n) is 4.24. The average Bonchev–Trinajstić information content (AvgIpc) is 3.32. The van der Waals surface area contributed by atoms with Crippen LogP contribution in [0.1, 0.15) is 21.6 Å². The van der Waals surface area contributed by atoms with Crippen LogP contribution >= 0.6 is 11.3 Å². The normalized spacial score (nSPS) is 11.3. The third-order valence-electron chi connectivity index (χ3n) is 6.00. The first-order valence-corrected chi connectivity index (χ1v) is 11.9. The number of anilines is 1. The molecule has 0 aliphatic rings. The molecule has 0 saturated heterocycles. The minimum Gasteiger partial charge on any atom is -0.422 e. The van der Waals surface area contributed by atoms with E-state index in [9.17, 15) is 9.59 Å². The summed E-state index contributed by atoms with van der Waals surface area (Å²) in [7, 11) is 0. The molecule has 0 atom stereocenters. The number of carbonyl (C=O) groups excluding carboxylic acids is 1. The van der Waals surface area contributed by atoms with Crippen molar-refractivity contribution in [2.75, 3.05) is 4.90 Å². The number of carbonyl (C=O) groups is 1. The summed E-state index contributed by atoms with van der Waals surface area (Å²) in [6, 6.07) is 24.6. The number of para-hydroxylation sites is 1. The van der Waals surface area contributed by atoms with Crippen LogP contribution in [0.5, 0.6) is 0 Å². The number of thiazole rings is 1. The first-order chi connectivity index (χ1) is 17.1. The summed E-state index contributed by atoms with van der Waals surface area (Å²) in [5.74, 6) is -0.476. The molecule has 35 heavy (non-hydrogen) atoms. The van der Waals surface area contributed by atoms with E-state index < -0.39 is 11.5 Å². The molecule has 6 rings (SSSR count). The second-order valence-corrected chi connectivity index (χ2v) is 9.29. The Bertz CT molecular complexity index is 1790. The molecule has 0 spiro atoms. The smallest absolute Gasteiger partial charge is 0.349 e. The van der Waals surface area contributed by atoms with E-state index in [4.69, 9.17) is 9.40 Å². The molecular weight excluding hydrogens is 458 g/mol. The fraction of sp³-hybridized carbons (Fsp3) is 0.0714. The number of benzene rings is 3. The average molecular weight is 478 g/mol. The highest BCUT2D eigenvalue weighted by atomic mass is 32.1. The molecule has 6 aromatic rings. The number of nitrogens with zero attached hydrogens (tertiary/aromatic N) is 3. The number of fused-ring (bicyclic) bond motifs is 4. The van der Waals surface area contributed by atoms with Crippen molar-refractivity contribution in [1.29, 1.82) is 0 Å². The summed E-state index contributed by atoms with van der Waals surface area (Å²) < 4.78 is 6.57. The Labute approximate surface area is 204 Å². The van der Waals surface area contributed by atoms with Crippen LogP contribution in [-0.4, -0.2) is 15.9 Å². The summed E-state index contributed by atoms with van der Waals surface area (Å²) in [5.41, 5.74) is 2.27. The molecule has 0 unspecified atom stereocenters. The van der Waals surface area contributed by atoms with E-state index in [0.29, 0.717) is 21.8 Å². The lowest BCUT2D eigenvalue weighted by Crippen LogP contribution is -2.34. The van der Waals surface area contributed by atoms with Gasteiger partial charge in [-0.3, -0.25) is 14.7 Å². The van der Waals surface area contributed by atoms with Crippen LogP contribution in [0, 0.1) is 6.92 Å². The molecule has 0 saturated carbocycles. The highest BCUT2D eigenvalue weighted by Gasteiger charge is 2.26. The Morgan fingerprint density at radius 2 is 1.83 bits per heavy atom. The molecular formula is C28H19N3O3S. The molecule has 7 heteroatoms. The largest absolute Gasteiger partial charge is 0.422 e. The zero-order valence-electron chi connectivity index (χ0n) is 18.8. The molecule has 3 heterocycles. The maximum absolute atomic E-state index is 13.9. The van der Waals surface area contributed by atoms with Crippen LogP contribution in [0.25, 0.3) is 32.0 Å². The minimum atomic E-state index is -0.680. The highest BCUT2D eigenvalue weighted by Crippen LogP contribution is 2.32. The first-order valence-electron chi connectivity index (χ1n) is 11.1. The lowest BCUT2D eigenvalue weighted by molar-refractivity contribution is 0.0981. The summed E-state index contributed by atoms with van der Waals surface area (Å²) in [6.07, 6.45) is 1.68. The summed E-state index contributed by atoms with van der Waals surface area (Å²) in [4.78, 5) is 37.6. The van der Waals surface area contributed by atoms with Gasteiger partial charge in [0.15, 0.2) is 5.13 Å². The molecule has 0 radical (unpaired) electrons. The van der Waals surface area contributed by atoms with Gasteiger partial charge in [-0.1, -0.05) is 59.9 Å². The molecule has 0 aliphatic carbocycles. The van der Waals surface area contributed by atoms with Gasteiger partial charge in [0, 0.05) is 11.6 Å². The van der Waals surface area contributed by atoms with E-state index >= 15 is 0 Å². The lowest BCUT2D eigenvalue weighted by Gasteiger charge is -2.19. The van der Waals surface area contributed by atoms with E-state index in [1.807, 2.05) is 73.7 Å². The standard InChI is InChI=1S/C28H19N3O3S/c1-17-7-6-11-24-25(17)30-28(35-24)31(16-19-9-4-5-14-29-19)26(32)22-15-21-20-10-3-2-8-18(20)12-13-23(21)34-27(22)33/h2-15H,16H2,1H3. The van der Waals surface area contributed by atoms with Gasteiger partial charge in [-0.05, 0) is 53.6 Å². The topological polar surface area (TPSA) is 76.3 Å². The van der Waals surface area contributed by atoms with Gasteiger partial charge in [0.1, 0.15) is 11.1 Å². The Kier molecular flexibility index (Phi) is 5.12. The quantitative estimate of drug-likeness (QED) is 0.226. The molecule has 0 fully saturated rings. The van der Waals surface area contributed by atoms with Gasteiger partial charge in [-0.15, -0.1) is 0 Å². The fourth-order valence-corrected chi connectivity index (χ4v) is 5.28. The molecule has 3 aromatic heterocycles. The van der Waals surface area contributed by atoms with Gasteiger partial charge in [0.2, 0.25) is 0 Å². The van der Waals surface area contributed by atoms with Crippen molar-refractivity contribution in [3.8, 4) is 0 Å². The molecule has 6 nitrogen and oxygen atoms in total. The van der Waals surface area contributed by atoms with Crippen LogP contribution < -0.4 is 10.5 Å². The van der Waals surface area contributed by atoms with Gasteiger partial charge in [0.25, 0.3) is 5.91 Å². The Morgan fingerprint density at radius 3 is 2.66 bits per heavy atom. The van der Waals surface area contributed by atoms with E-state index in [1.54, 1.807) is 18.3 Å². The predicted octanol–water partition coefficient (Wildman–Crippen LogP) is 6.11. The number of pyridine rings is 1. The van der Waals surface area contributed by atoms with Gasteiger partial charge in [-0.25, -0.2) is 9.78 Å². The third kappa shape index (κ3) is 3.76. The Hall–Kier alpha value is -4.36. The number of amides is 1. The highest BCUT2D eigenvalue weighted by molar-refractivity contribution is 7.22. The third-order valence-corrected chi connectivity index (χ3v) is 7.05. The number of aromatic nitrogens is 2. The van der Waals surface area contributed by atoms with Crippen molar-refractivity contribution in [1.82, 2.24) is 9.97 Å². The lowest BCUT2D eigenvalue weighted by atomic mass is 10.0. The van der Waals surface area contributed by atoms with E-state index in [-0.39, 0.29) is 12.1 Å². The van der Waals surface area contributed by atoms with Crippen LogP contribution in [0.3, 0.4) is 0 Å². The van der Waals surface area contributed by atoms with Crippen LogP contribution in [0.15, 0.2) is 94.3 Å². The number of hydrogen-bond donors (Lipinski definition) is 0.